The summed E-state index contributed by atoms with van der Waals surface area (Å²) in [5, 5.41) is 3.50. The average molecular weight is 293 g/mol. The third-order valence-electron chi connectivity index (χ3n) is 3.28. The smallest absolute Gasteiger partial charge is 0.161 e. The zero-order valence-electron chi connectivity index (χ0n) is 13.6. The fourth-order valence-corrected chi connectivity index (χ4v) is 1.99. The Bertz CT molecular complexity index is 450. The molecule has 4 nitrogen and oxygen atoms in total. The van der Waals surface area contributed by atoms with Gasteiger partial charge in [0.05, 0.1) is 19.3 Å². The first-order valence-corrected chi connectivity index (χ1v) is 7.65. The second kappa shape index (κ2) is 7.14. The highest BCUT2D eigenvalue weighted by molar-refractivity contribution is 5.43. The van der Waals surface area contributed by atoms with Gasteiger partial charge in [-0.15, -0.1) is 0 Å². The first-order valence-electron chi connectivity index (χ1n) is 7.65. The third kappa shape index (κ3) is 5.94. The molecule has 0 unspecified atom stereocenters. The lowest BCUT2D eigenvalue weighted by atomic mass is 10.2. The predicted octanol–water partition coefficient (Wildman–Crippen LogP) is 3.14. The van der Waals surface area contributed by atoms with Crippen LogP contribution < -0.4 is 14.8 Å². The minimum atomic E-state index is -0.133. The van der Waals surface area contributed by atoms with Crippen LogP contribution in [0.15, 0.2) is 18.2 Å². The van der Waals surface area contributed by atoms with Gasteiger partial charge in [0.1, 0.15) is 6.61 Å². The van der Waals surface area contributed by atoms with Crippen LogP contribution >= 0.6 is 0 Å². The summed E-state index contributed by atoms with van der Waals surface area (Å²) in [6.07, 6.45) is 2.60. The number of methoxy groups -OCH3 is 1. The van der Waals surface area contributed by atoms with Gasteiger partial charge in [0, 0.05) is 12.6 Å². The SMILES string of the molecule is COc1cc(CNC2CC2)ccc1OCCOC(C)(C)C. The molecule has 1 saturated carbocycles. The molecule has 1 fully saturated rings. The van der Waals surface area contributed by atoms with Crippen LogP contribution in [0.3, 0.4) is 0 Å². The zero-order valence-corrected chi connectivity index (χ0v) is 13.6. The monoisotopic (exact) mass is 293 g/mol. The van der Waals surface area contributed by atoms with Crippen molar-refractivity contribution in [3.63, 3.8) is 0 Å². The van der Waals surface area contributed by atoms with E-state index in [1.807, 2.05) is 32.9 Å². The highest BCUT2D eigenvalue weighted by atomic mass is 16.5. The molecule has 0 heterocycles. The fraction of sp³-hybridized carbons (Fsp3) is 0.647. The van der Waals surface area contributed by atoms with Gasteiger partial charge >= 0.3 is 0 Å². The van der Waals surface area contributed by atoms with Gasteiger partial charge in [0.15, 0.2) is 11.5 Å². The van der Waals surface area contributed by atoms with E-state index in [0.717, 1.165) is 18.0 Å². The molecular formula is C17H27NO3. The molecule has 2 rings (SSSR count). The van der Waals surface area contributed by atoms with Crippen molar-refractivity contribution in [3.8, 4) is 11.5 Å². The first-order chi connectivity index (χ1) is 9.98. The highest BCUT2D eigenvalue weighted by Gasteiger charge is 2.20. The lowest BCUT2D eigenvalue weighted by molar-refractivity contribution is -0.0165. The van der Waals surface area contributed by atoms with Crippen LogP contribution in [0.4, 0.5) is 0 Å². The molecule has 1 aromatic carbocycles. The van der Waals surface area contributed by atoms with E-state index in [9.17, 15) is 0 Å². The average Bonchev–Trinajstić information content (AvgIpc) is 3.25. The van der Waals surface area contributed by atoms with Gasteiger partial charge in [-0.1, -0.05) is 6.07 Å². The van der Waals surface area contributed by atoms with Crippen LogP contribution in [0, 0.1) is 0 Å². The highest BCUT2D eigenvalue weighted by Crippen LogP contribution is 2.28. The van der Waals surface area contributed by atoms with E-state index in [-0.39, 0.29) is 5.60 Å². The molecule has 0 bridgehead atoms. The molecule has 1 aliphatic rings. The van der Waals surface area contributed by atoms with Crippen molar-refractivity contribution >= 4 is 0 Å². The molecule has 0 aromatic heterocycles. The topological polar surface area (TPSA) is 39.7 Å². The summed E-state index contributed by atoms with van der Waals surface area (Å²) in [4.78, 5) is 0. The largest absolute Gasteiger partial charge is 0.493 e. The van der Waals surface area contributed by atoms with Crippen LogP contribution in [-0.2, 0) is 11.3 Å². The van der Waals surface area contributed by atoms with Crippen molar-refractivity contribution in [1.29, 1.82) is 0 Å². The second-order valence-electron chi connectivity index (χ2n) is 6.45. The molecule has 0 radical (unpaired) electrons. The molecule has 21 heavy (non-hydrogen) atoms. The molecule has 1 aliphatic carbocycles. The summed E-state index contributed by atoms with van der Waals surface area (Å²) in [6.45, 7) is 8.08. The Morgan fingerprint density at radius 3 is 2.52 bits per heavy atom. The van der Waals surface area contributed by atoms with E-state index in [1.54, 1.807) is 7.11 Å². The Labute approximate surface area is 127 Å². The minimum Gasteiger partial charge on any atom is -0.493 e. The van der Waals surface area contributed by atoms with Crippen molar-refractivity contribution < 1.29 is 14.2 Å². The van der Waals surface area contributed by atoms with E-state index in [0.29, 0.717) is 19.3 Å². The van der Waals surface area contributed by atoms with Crippen LogP contribution in [0.25, 0.3) is 0 Å². The van der Waals surface area contributed by atoms with Gasteiger partial charge in [0.2, 0.25) is 0 Å². The van der Waals surface area contributed by atoms with Crippen LogP contribution in [0.2, 0.25) is 0 Å². The molecule has 118 valence electrons. The number of benzene rings is 1. The lowest BCUT2D eigenvalue weighted by Gasteiger charge is -2.20. The first kappa shape index (κ1) is 16.1. The molecule has 1 N–H and O–H groups in total. The summed E-state index contributed by atoms with van der Waals surface area (Å²) >= 11 is 0. The van der Waals surface area contributed by atoms with Crippen molar-refractivity contribution in [2.45, 2.75) is 51.8 Å². The molecule has 1 aromatic rings. The fourth-order valence-electron chi connectivity index (χ4n) is 1.99. The second-order valence-corrected chi connectivity index (χ2v) is 6.45. The Balaban J connectivity index is 1.83. The zero-order chi connectivity index (χ0) is 15.3. The normalized spacial score (nSPS) is 15.0. The van der Waals surface area contributed by atoms with Gasteiger partial charge < -0.3 is 19.5 Å². The van der Waals surface area contributed by atoms with Crippen molar-refractivity contribution in [3.05, 3.63) is 23.8 Å². The summed E-state index contributed by atoms with van der Waals surface area (Å²) in [5.41, 5.74) is 1.09. The molecular weight excluding hydrogens is 266 g/mol. The van der Waals surface area contributed by atoms with E-state index in [1.165, 1.54) is 18.4 Å². The number of rotatable bonds is 8. The molecule has 4 heteroatoms. The van der Waals surface area contributed by atoms with Crippen molar-refractivity contribution in [2.75, 3.05) is 20.3 Å². The quantitative estimate of drug-likeness (QED) is 0.748. The summed E-state index contributed by atoms with van der Waals surface area (Å²) in [5.74, 6) is 1.55. The van der Waals surface area contributed by atoms with Crippen molar-refractivity contribution in [2.24, 2.45) is 0 Å². The molecule has 0 saturated heterocycles. The molecule has 0 atom stereocenters. The number of ether oxygens (including phenoxy) is 3. The summed E-state index contributed by atoms with van der Waals surface area (Å²) in [7, 11) is 1.67. The standard InChI is InChI=1S/C17H27NO3/c1-17(2,3)21-10-9-20-15-8-5-13(11-16(15)19-4)12-18-14-6-7-14/h5,8,11,14,18H,6-7,9-10,12H2,1-4H3. The predicted molar refractivity (Wildman–Crippen MR) is 84.1 cm³/mol. The van der Waals surface area contributed by atoms with Gasteiger partial charge in [0.25, 0.3) is 0 Å². The number of nitrogens with one attached hydrogen (secondary N) is 1. The maximum Gasteiger partial charge on any atom is 0.161 e. The van der Waals surface area contributed by atoms with E-state index in [2.05, 4.69) is 11.4 Å². The van der Waals surface area contributed by atoms with Crippen molar-refractivity contribution in [1.82, 2.24) is 5.32 Å². The Hall–Kier alpha value is -1.26. The minimum absolute atomic E-state index is 0.133. The van der Waals surface area contributed by atoms with Crippen LogP contribution in [0.1, 0.15) is 39.2 Å². The maximum atomic E-state index is 5.75. The van der Waals surface area contributed by atoms with E-state index < -0.39 is 0 Å². The molecule has 0 amide bonds. The Kier molecular flexibility index (Phi) is 5.48. The maximum absolute atomic E-state index is 5.75. The summed E-state index contributed by atoms with van der Waals surface area (Å²) in [6, 6.07) is 6.80. The van der Waals surface area contributed by atoms with E-state index >= 15 is 0 Å². The van der Waals surface area contributed by atoms with Gasteiger partial charge in [-0.3, -0.25) is 0 Å². The van der Waals surface area contributed by atoms with E-state index in [4.69, 9.17) is 14.2 Å². The van der Waals surface area contributed by atoms with Gasteiger partial charge in [-0.2, -0.15) is 0 Å². The molecule has 0 spiro atoms. The Morgan fingerprint density at radius 2 is 1.90 bits per heavy atom. The third-order valence-corrected chi connectivity index (χ3v) is 3.28. The number of hydrogen-bond donors (Lipinski definition) is 1. The van der Waals surface area contributed by atoms with Gasteiger partial charge in [-0.25, -0.2) is 0 Å². The number of hydrogen-bond acceptors (Lipinski definition) is 4. The van der Waals surface area contributed by atoms with Crippen LogP contribution in [0.5, 0.6) is 11.5 Å². The lowest BCUT2D eigenvalue weighted by Crippen LogP contribution is -2.22. The van der Waals surface area contributed by atoms with Crippen LogP contribution in [-0.4, -0.2) is 32.0 Å². The summed E-state index contributed by atoms with van der Waals surface area (Å²) < 4.78 is 16.8. The Morgan fingerprint density at radius 1 is 1.14 bits per heavy atom. The van der Waals surface area contributed by atoms with Gasteiger partial charge in [-0.05, 0) is 51.3 Å². The molecule has 0 aliphatic heterocycles.